The highest BCUT2D eigenvalue weighted by Gasteiger charge is 2.16. The second-order valence-electron chi connectivity index (χ2n) is 5.86. The second kappa shape index (κ2) is 7.33. The minimum Gasteiger partial charge on any atom is -0.426 e. The molecular weight excluding hydrogens is 345 g/mol. The lowest BCUT2D eigenvalue weighted by molar-refractivity contribution is -0.134. The molecule has 7 heteroatoms. The minimum absolute atomic E-state index is 0.0547. The molecule has 132 valence electrons. The SMILES string of the molecule is O=C(CCNS(=O)(=O)c1ccc(F)cc1)Oc1ccc2c(c1)CCC2. The van der Waals surface area contributed by atoms with Crippen molar-refractivity contribution >= 4 is 16.0 Å². The van der Waals surface area contributed by atoms with E-state index in [0.29, 0.717) is 5.75 Å². The number of ether oxygens (including phenoxy) is 1. The number of rotatable bonds is 6. The minimum atomic E-state index is -3.78. The van der Waals surface area contributed by atoms with Crippen LogP contribution in [0.3, 0.4) is 0 Å². The van der Waals surface area contributed by atoms with Gasteiger partial charge in [0.25, 0.3) is 0 Å². The number of nitrogens with one attached hydrogen (secondary N) is 1. The molecule has 0 aliphatic heterocycles. The monoisotopic (exact) mass is 363 g/mol. The first kappa shape index (κ1) is 17.6. The molecule has 25 heavy (non-hydrogen) atoms. The van der Waals surface area contributed by atoms with Gasteiger partial charge in [0.15, 0.2) is 0 Å². The molecule has 0 spiro atoms. The zero-order valence-corrected chi connectivity index (χ0v) is 14.3. The third-order valence-electron chi connectivity index (χ3n) is 4.05. The number of fused-ring (bicyclic) bond motifs is 1. The number of sulfonamides is 1. The van der Waals surface area contributed by atoms with Crippen molar-refractivity contribution in [3.05, 3.63) is 59.4 Å². The number of hydrogen-bond donors (Lipinski definition) is 1. The van der Waals surface area contributed by atoms with Crippen molar-refractivity contribution < 1.29 is 22.3 Å². The molecule has 0 unspecified atom stereocenters. The van der Waals surface area contributed by atoms with E-state index in [2.05, 4.69) is 4.72 Å². The Morgan fingerprint density at radius 2 is 1.80 bits per heavy atom. The fourth-order valence-corrected chi connectivity index (χ4v) is 3.81. The summed E-state index contributed by atoms with van der Waals surface area (Å²) in [6, 6.07) is 10.0. The first-order valence-corrected chi connectivity index (χ1v) is 9.50. The molecule has 0 bridgehead atoms. The predicted molar refractivity (Wildman–Crippen MR) is 90.3 cm³/mol. The van der Waals surface area contributed by atoms with Gasteiger partial charge in [0.05, 0.1) is 11.3 Å². The Bertz CT molecular complexity index is 878. The van der Waals surface area contributed by atoms with Crippen LogP contribution in [0.25, 0.3) is 0 Å². The van der Waals surface area contributed by atoms with Crippen molar-refractivity contribution in [2.45, 2.75) is 30.6 Å². The van der Waals surface area contributed by atoms with Gasteiger partial charge in [-0.15, -0.1) is 0 Å². The van der Waals surface area contributed by atoms with Crippen LogP contribution in [-0.4, -0.2) is 20.9 Å². The Balaban J connectivity index is 1.51. The van der Waals surface area contributed by atoms with Crippen molar-refractivity contribution in [3.8, 4) is 5.75 Å². The van der Waals surface area contributed by atoms with Gasteiger partial charge in [-0.3, -0.25) is 4.79 Å². The van der Waals surface area contributed by atoms with Gasteiger partial charge in [0, 0.05) is 6.54 Å². The lowest BCUT2D eigenvalue weighted by Crippen LogP contribution is -2.27. The Morgan fingerprint density at radius 1 is 1.08 bits per heavy atom. The highest BCUT2D eigenvalue weighted by Crippen LogP contribution is 2.26. The number of esters is 1. The van der Waals surface area contributed by atoms with Crippen molar-refractivity contribution in [1.29, 1.82) is 0 Å². The normalized spacial score (nSPS) is 13.5. The van der Waals surface area contributed by atoms with Gasteiger partial charge in [0.1, 0.15) is 11.6 Å². The zero-order valence-electron chi connectivity index (χ0n) is 13.5. The summed E-state index contributed by atoms with van der Waals surface area (Å²) in [5.41, 5.74) is 2.48. The smallest absolute Gasteiger partial charge is 0.312 e. The quantitative estimate of drug-likeness (QED) is 0.632. The van der Waals surface area contributed by atoms with E-state index >= 15 is 0 Å². The van der Waals surface area contributed by atoms with E-state index in [1.165, 1.54) is 23.3 Å². The van der Waals surface area contributed by atoms with E-state index < -0.39 is 21.8 Å². The molecule has 0 fully saturated rings. The molecule has 0 atom stereocenters. The predicted octanol–water partition coefficient (Wildman–Crippen LogP) is 2.59. The number of carbonyl (C=O) groups is 1. The number of carbonyl (C=O) groups excluding carboxylic acids is 1. The van der Waals surface area contributed by atoms with E-state index in [9.17, 15) is 17.6 Å². The van der Waals surface area contributed by atoms with Gasteiger partial charge in [0.2, 0.25) is 10.0 Å². The Hall–Kier alpha value is -2.25. The summed E-state index contributed by atoms with van der Waals surface area (Å²) in [5, 5.41) is 0. The number of halogens is 1. The fourth-order valence-electron chi connectivity index (χ4n) is 2.78. The molecule has 0 amide bonds. The fraction of sp³-hybridized carbons (Fsp3) is 0.278. The molecule has 0 saturated heterocycles. The Kier molecular flexibility index (Phi) is 5.15. The summed E-state index contributed by atoms with van der Waals surface area (Å²) >= 11 is 0. The lowest BCUT2D eigenvalue weighted by atomic mass is 10.1. The standard InChI is InChI=1S/C18H18FNO4S/c19-15-5-8-17(9-6-15)25(22,23)20-11-10-18(21)24-16-7-4-13-2-1-3-14(13)12-16/h4-9,12,20H,1-3,10-11H2. The van der Waals surface area contributed by atoms with Crippen LogP contribution in [0.5, 0.6) is 5.75 Å². The third kappa shape index (κ3) is 4.43. The third-order valence-corrected chi connectivity index (χ3v) is 5.52. The first-order chi connectivity index (χ1) is 11.9. The van der Waals surface area contributed by atoms with Crippen LogP contribution in [0, 0.1) is 5.82 Å². The van der Waals surface area contributed by atoms with Gasteiger partial charge < -0.3 is 4.74 Å². The molecule has 0 saturated carbocycles. The van der Waals surface area contributed by atoms with E-state index in [1.807, 2.05) is 12.1 Å². The van der Waals surface area contributed by atoms with Crippen LogP contribution >= 0.6 is 0 Å². The van der Waals surface area contributed by atoms with Crippen LogP contribution < -0.4 is 9.46 Å². The molecule has 2 aromatic carbocycles. The van der Waals surface area contributed by atoms with Crippen molar-refractivity contribution in [1.82, 2.24) is 4.72 Å². The van der Waals surface area contributed by atoms with Crippen molar-refractivity contribution in [2.75, 3.05) is 6.54 Å². The van der Waals surface area contributed by atoms with E-state index in [0.717, 1.165) is 31.4 Å². The largest absolute Gasteiger partial charge is 0.426 e. The van der Waals surface area contributed by atoms with Gasteiger partial charge in [-0.25, -0.2) is 17.5 Å². The van der Waals surface area contributed by atoms with E-state index in [4.69, 9.17) is 4.74 Å². The summed E-state index contributed by atoms with van der Waals surface area (Å²) in [6.07, 6.45) is 3.04. The van der Waals surface area contributed by atoms with Gasteiger partial charge >= 0.3 is 5.97 Å². The lowest BCUT2D eigenvalue weighted by Gasteiger charge is -2.08. The van der Waals surface area contributed by atoms with E-state index in [1.54, 1.807) is 6.07 Å². The number of hydrogen-bond acceptors (Lipinski definition) is 4. The average Bonchev–Trinajstić information content (AvgIpc) is 3.02. The van der Waals surface area contributed by atoms with Crippen molar-refractivity contribution in [2.24, 2.45) is 0 Å². The number of benzene rings is 2. The maximum Gasteiger partial charge on any atom is 0.312 e. The molecule has 1 N–H and O–H groups in total. The summed E-state index contributed by atoms with van der Waals surface area (Å²) in [7, 11) is -3.78. The number of aryl methyl sites for hydroxylation is 2. The first-order valence-electron chi connectivity index (χ1n) is 8.02. The Labute approximate surface area is 145 Å². The summed E-state index contributed by atoms with van der Waals surface area (Å²) in [6.45, 7) is -0.0938. The van der Waals surface area contributed by atoms with Gasteiger partial charge in [-0.1, -0.05) is 6.07 Å². The molecule has 2 aromatic rings. The molecular formula is C18H18FNO4S. The molecule has 0 heterocycles. The van der Waals surface area contributed by atoms with E-state index in [-0.39, 0.29) is 17.9 Å². The van der Waals surface area contributed by atoms with Crippen molar-refractivity contribution in [3.63, 3.8) is 0 Å². The molecule has 1 aliphatic rings. The van der Waals surface area contributed by atoms with Crippen LogP contribution in [0.1, 0.15) is 24.0 Å². The summed E-state index contributed by atoms with van der Waals surface area (Å²) < 4.78 is 44.5. The maximum absolute atomic E-state index is 12.8. The molecule has 0 aromatic heterocycles. The zero-order chi connectivity index (χ0) is 17.9. The van der Waals surface area contributed by atoms with Crippen LogP contribution in [0.15, 0.2) is 47.4 Å². The van der Waals surface area contributed by atoms with Crippen LogP contribution in [0.4, 0.5) is 4.39 Å². The maximum atomic E-state index is 12.8. The highest BCUT2D eigenvalue weighted by molar-refractivity contribution is 7.89. The topological polar surface area (TPSA) is 72.5 Å². The van der Waals surface area contributed by atoms with Crippen LogP contribution in [0.2, 0.25) is 0 Å². The van der Waals surface area contributed by atoms with Gasteiger partial charge in [-0.05, 0) is 66.8 Å². The van der Waals surface area contributed by atoms with Gasteiger partial charge in [-0.2, -0.15) is 0 Å². The summed E-state index contributed by atoms with van der Waals surface area (Å²) in [5.74, 6) is -0.552. The molecule has 1 aliphatic carbocycles. The molecule has 0 radical (unpaired) electrons. The van der Waals surface area contributed by atoms with Crippen LogP contribution in [-0.2, 0) is 27.7 Å². The molecule has 5 nitrogen and oxygen atoms in total. The molecule has 3 rings (SSSR count). The summed E-state index contributed by atoms with van der Waals surface area (Å²) in [4.78, 5) is 11.8. The highest BCUT2D eigenvalue weighted by atomic mass is 32.2. The average molecular weight is 363 g/mol. The Morgan fingerprint density at radius 3 is 2.56 bits per heavy atom. The second-order valence-corrected chi connectivity index (χ2v) is 7.63.